The second-order valence-corrected chi connectivity index (χ2v) is 8.98. The Balaban J connectivity index is 1.78. The minimum atomic E-state index is -0.00189. The maximum absolute atomic E-state index is 12.5. The lowest BCUT2D eigenvalue weighted by atomic mass is 10.0. The molecule has 3 rings (SSSR count). The molecule has 0 aliphatic carbocycles. The first-order valence-corrected chi connectivity index (χ1v) is 12.0. The van der Waals surface area contributed by atoms with Gasteiger partial charge in [0.1, 0.15) is 5.75 Å². The molecule has 0 radical (unpaired) electrons. The van der Waals surface area contributed by atoms with Gasteiger partial charge in [0.15, 0.2) is 11.0 Å². The van der Waals surface area contributed by atoms with Crippen LogP contribution in [0.3, 0.4) is 0 Å². The summed E-state index contributed by atoms with van der Waals surface area (Å²) in [6, 6.07) is 11.7. The first kappa shape index (κ1) is 23.8. The van der Waals surface area contributed by atoms with Crippen LogP contribution in [-0.4, -0.2) is 44.1 Å². The van der Waals surface area contributed by atoms with E-state index in [1.165, 1.54) is 11.8 Å². The maximum atomic E-state index is 12.5. The molecule has 0 saturated heterocycles. The van der Waals surface area contributed by atoms with Gasteiger partial charge in [-0.3, -0.25) is 14.3 Å². The largest absolute Gasteiger partial charge is 0.494 e. The zero-order valence-electron chi connectivity index (χ0n) is 19.1. The van der Waals surface area contributed by atoms with Gasteiger partial charge in [-0.1, -0.05) is 25.6 Å². The predicted molar refractivity (Wildman–Crippen MR) is 128 cm³/mol. The Kier molecular flexibility index (Phi) is 8.67. The number of carbonyl (C=O) groups excluding carboxylic acids is 1. The van der Waals surface area contributed by atoms with Crippen LogP contribution in [0.4, 0.5) is 0 Å². The summed E-state index contributed by atoms with van der Waals surface area (Å²) in [5.74, 6) is 2.40. The molecule has 0 bridgehead atoms. The molecule has 1 aromatic carbocycles. The van der Waals surface area contributed by atoms with Crippen molar-refractivity contribution in [2.75, 3.05) is 12.4 Å². The molecule has 1 amide bonds. The Morgan fingerprint density at radius 1 is 1.06 bits per heavy atom. The number of nitrogens with zero attached hydrogens (tertiary/aromatic N) is 4. The topological polar surface area (TPSA) is 81.9 Å². The van der Waals surface area contributed by atoms with Gasteiger partial charge in [0.2, 0.25) is 5.91 Å². The number of benzene rings is 1. The highest BCUT2D eigenvalue weighted by Crippen LogP contribution is 2.28. The fraction of sp³-hybridized carbons (Fsp3) is 0.417. The highest BCUT2D eigenvalue weighted by molar-refractivity contribution is 7.99. The third-order valence-corrected chi connectivity index (χ3v) is 5.82. The van der Waals surface area contributed by atoms with Crippen molar-refractivity contribution in [2.24, 2.45) is 5.92 Å². The molecule has 32 heavy (non-hydrogen) atoms. The highest BCUT2D eigenvalue weighted by atomic mass is 32.2. The molecule has 0 fully saturated rings. The second kappa shape index (κ2) is 11.7. The number of aromatic nitrogens is 4. The average molecular weight is 454 g/mol. The molecule has 7 nitrogen and oxygen atoms in total. The van der Waals surface area contributed by atoms with E-state index in [1.807, 2.05) is 47.9 Å². The van der Waals surface area contributed by atoms with Crippen LogP contribution in [0.15, 0.2) is 53.9 Å². The minimum absolute atomic E-state index is 0.00189. The Morgan fingerprint density at radius 3 is 2.44 bits per heavy atom. The lowest BCUT2D eigenvalue weighted by Gasteiger charge is -2.15. The SMILES string of the molecule is CCOc1ccc(-n2c(SCC(=O)NC(C)CCC(C)C)nnc2-c2ccncc2)cc1. The first-order valence-electron chi connectivity index (χ1n) is 11.0. The molecular formula is C24H31N5O2S. The van der Waals surface area contributed by atoms with Crippen molar-refractivity contribution in [2.45, 2.75) is 51.7 Å². The summed E-state index contributed by atoms with van der Waals surface area (Å²) in [6.45, 7) is 9.00. The number of pyridine rings is 1. The lowest BCUT2D eigenvalue weighted by Crippen LogP contribution is -2.34. The summed E-state index contributed by atoms with van der Waals surface area (Å²) in [5, 5.41) is 12.5. The summed E-state index contributed by atoms with van der Waals surface area (Å²) >= 11 is 1.38. The number of hydrogen-bond donors (Lipinski definition) is 1. The Hall–Kier alpha value is -2.87. The van der Waals surface area contributed by atoms with Gasteiger partial charge in [-0.2, -0.15) is 0 Å². The molecule has 1 N–H and O–H groups in total. The van der Waals surface area contributed by atoms with E-state index in [0.717, 1.165) is 29.8 Å². The van der Waals surface area contributed by atoms with Gasteiger partial charge in [0, 0.05) is 29.7 Å². The number of thioether (sulfide) groups is 1. The number of carbonyl (C=O) groups is 1. The third kappa shape index (κ3) is 6.56. The molecule has 1 atom stereocenters. The maximum Gasteiger partial charge on any atom is 0.230 e. The second-order valence-electron chi connectivity index (χ2n) is 8.03. The summed E-state index contributed by atoms with van der Waals surface area (Å²) in [7, 11) is 0. The number of nitrogens with one attached hydrogen (secondary N) is 1. The molecule has 0 saturated carbocycles. The molecule has 2 aromatic heterocycles. The van der Waals surface area contributed by atoms with Gasteiger partial charge in [0.25, 0.3) is 0 Å². The van der Waals surface area contributed by atoms with Crippen LogP contribution in [-0.2, 0) is 4.79 Å². The van der Waals surface area contributed by atoms with Crippen LogP contribution < -0.4 is 10.1 Å². The van der Waals surface area contributed by atoms with Crippen molar-refractivity contribution in [3.05, 3.63) is 48.8 Å². The molecular weight excluding hydrogens is 422 g/mol. The van der Waals surface area contributed by atoms with Crippen LogP contribution in [0, 0.1) is 5.92 Å². The van der Waals surface area contributed by atoms with Crippen molar-refractivity contribution in [1.29, 1.82) is 0 Å². The average Bonchev–Trinajstić information content (AvgIpc) is 3.21. The normalized spacial score (nSPS) is 12.0. The Labute approximate surface area is 194 Å². The summed E-state index contributed by atoms with van der Waals surface area (Å²) in [5.41, 5.74) is 1.80. The van der Waals surface area contributed by atoms with Crippen LogP contribution in [0.25, 0.3) is 17.1 Å². The van der Waals surface area contributed by atoms with Gasteiger partial charge in [-0.25, -0.2) is 0 Å². The van der Waals surface area contributed by atoms with E-state index in [2.05, 4.69) is 41.3 Å². The highest BCUT2D eigenvalue weighted by Gasteiger charge is 2.18. The van der Waals surface area contributed by atoms with E-state index in [9.17, 15) is 4.79 Å². The first-order chi connectivity index (χ1) is 15.5. The van der Waals surface area contributed by atoms with Crippen LogP contribution in [0.5, 0.6) is 5.75 Å². The molecule has 0 aliphatic rings. The van der Waals surface area contributed by atoms with Crippen molar-refractivity contribution in [3.63, 3.8) is 0 Å². The van der Waals surface area contributed by atoms with Crippen molar-refractivity contribution < 1.29 is 9.53 Å². The summed E-state index contributed by atoms with van der Waals surface area (Å²) in [6.07, 6.45) is 5.52. The van der Waals surface area contributed by atoms with E-state index in [1.54, 1.807) is 12.4 Å². The quantitative estimate of drug-likeness (QED) is 0.422. The standard InChI is InChI=1S/C24H31N5O2S/c1-5-31-21-10-8-20(9-11-21)29-23(19-12-14-25-15-13-19)27-28-24(29)32-16-22(30)26-18(4)7-6-17(2)3/h8-15,17-18H,5-7,16H2,1-4H3,(H,26,30). The van der Waals surface area contributed by atoms with Gasteiger partial charge >= 0.3 is 0 Å². The monoisotopic (exact) mass is 453 g/mol. The fourth-order valence-electron chi connectivity index (χ4n) is 3.24. The van der Waals surface area contributed by atoms with E-state index in [0.29, 0.717) is 23.5 Å². The lowest BCUT2D eigenvalue weighted by molar-refractivity contribution is -0.119. The predicted octanol–water partition coefficient (Wildman–Crippen LogP) is 4.76. The Morgan fingerprint density at radius 2 is 1.78 bits per heavy atom. The molecule has 170 valence electrons. The molecule has 0 aliphatic heterocycles. The van der Waals surface area contributed by atoms with E-state index < -0.39 is 0 Å². The van der Waals surface area contributed by atoms with Crippen molar-refractivity contribution >= 4 is 17.7 Å². The molecule has 0 spiro atoms. The zero-order chi connectivity index (χ0) is 22.9. The van der Waals surface area contributed by atoms with Crippen LogP contribution >= 0.6 is 11.8 Å². The van der Waals surface area contributed by atoms with Gasteiger partial charge < -0.3 is 10.1 Å². The van der Waals surface area contributed by atoms with E-state index >= 15 is 0 Å². The number of ether oxygens (including phenoxy) is 1. The van der Waals surface area contributed by atoms with Crippen LogP contribution in [0.2, 0.25) is 0 Å². The van der Waals surface area contributed by atoms with Crippen molar-refractivity contribution in [1.82, 2.24) is 25.1 Å². The van der Waals surface area contributed by atoms with Gasteiger partial charge in [-0.15, -0.1) is 10.2 Å². The minimum Gasteiger partial charge on any atom is -0.494 e. The summed E-state index contributed by atoms with van der Waals surface area (Å²) < 4.78 is 7.53. The zero-order valence-corrected chi connectivity index (χ0v) is 19.9. The molecule has 2 heterocycles. The van der Waals surface area contributed by atoms with Gasteiger partial charge in [0.05, 0.1) is 12.4 Å². The van der Waals surface area contributed by atoms with Crippen molar-refractivity contribution in [3.8, 4) is 22.8 Å². The van der Waals surface area contributed by atoms with Crippen LogP contribution in [0.1, 0.15) is 40.5 Å². The number of rotatable bonds is 11. The van der Waals surface area contributed by atoms with E-state index in [-0.39, 0.29) is 17.7 Å². The smallest absolute Gasteiger partial charge is 0.230 e. The summed E-state index contributed by atoms with van der Waals surface area (Å²) in [4.78, 5) is 16.6. The number of hydrogen-bond acceptors (Lipinski definition) is 6. The Bertz CT molecular complexity index is 989. The third-order valence-electron chi connectivity index (χ3n) is 4.89. The molecule has 3 aromatic rings. The fourth-order valence-corrected chi connectivity index (χ4v) is 4.01. The molecule has 8 heteroatoms. The molecule has 1 unspecified atom stereocenters. The number of amides is 1. The van der Waals surface area contributed by atoms with E-state index in [4.69, 9.17) is 4.74 Å². The van der Waals surface area contributed by atoms with Gasteiger partial charge in [-0.05, 0) is 69.0 Å².